The van der Waals surface area contributed by atoms with Crippen molar-refractivity contribution in [2.24, 2.45) is 5.92 Å². The van der Waals surface area contributed by atoms with Gasteiger partial charge in [0.15, 0.2) is 0 Å². The molecule has 1 atom stereocenters. The summed E-state index contributed by atoms with van der Waals surface area (Å²) in [6.45, 7) is 3.86. The molecule has 3 aliphatic heterocycles. The van der Waals surface area contributed by atoms with Crippen LogP contribution in [-0.2, 0) is 0 Å². The zero-order valence-corrected chi connectivity index (χ0v) is 10.2. The van der Waals surface area contributed by atoms with Crippen LogP contribution in [0, 0.1) is 9.49 Å². The van der Waals surface area contributed by atoms with Gasteiger partial charge in [-0.15, -0.1) is 0 Å². The maximum absolute atomic E-state index is 4.13. The van der Waals surface area contributed by atoms with Crippen LogP contribution in [-0.4, -0.2) is 34.7 Å². The highest BCUT2D eigenvalue weighted by molar-refractivity contribution is 14.1. The molecule has 4 heteroatoms. The lowest BCUT2D eigenvalue weighted by atomic mass is 9.77. The van der Waals surface area contributed by atoms with E-state index in [0.717, 1.165) is 5.92 Å². The van der Waals surface area contributed by atoms with Crippen LogP contribution in [0.3, 0.4) is 0 Å². The molecule has 0 spiro atoms. The van der Waals surface area contributed by atoms with Gasteiger partial charge in [0.1, 0.15) is 0 Å². The molecule has 3 fully saturated rings. The first kappa shape index (κ1) is 9.15. The number of nitrogens with one attached hydrogen (secondary N) is 1. The Bertz CT molecular complexity index is 328. The Hall–Kier alpha value is -0.100. The zero-order valence-electron chi connectivity index (χ0n) is 8.04. The van der Waals surface area contributed by atoms with Crippen molar-refractivity contribution in [1.29, 1.82) is 0 Å². The highest BCUT2D eigenvalue weighted by Crippen LogP contribution is 2.39. The third kappa shape index (κ3) is 1.39. The number of H-pyrrole nitrogens is 1. The van der Waals surface area contributed by atoms with E-state index in [4.69, 9.17) is 0 Å². The lowest BCUT2D eigenvalue weighted by molar-refractivity contribution is 0.0851. The van der Waals surface area contributed by atoms with Crippen LogP contribution in [0.1, 0.15) is 24.5 Å². The number of rotatable bonds is 1. The fraction of sp³-hybridized carbons (Fsp3) is 0.700. The predicted octanol–water partition coefficient (Wildman–Crippen LogP) is 1.82. The fourth-order valence-electron chi connectivity index (χ4n) is 2.83. The average Bonchev–Trinajstić information content (AvgIpc) is 2.66. The minimum absolute atomic E-state index is 0.715. The van der Waals surface area contributed by atoms with Crippen molar-refractivity contribution in [2.45, 2.75) is 18.8 Å². The number of piperidine rings is 3. The SMILES string of the molecule is Ic1cn[nH]c1C1CN2CCC1CC2. The molecule has 1 aromatic rings. The van der Waals surface area contributed by atoms with Crippen LogP contribution >= 0.6 is 22.6 Å². The van der Waals surface area contributed by atoms with Crippen LogP contribution in [0.4, 0.5) is 0 Å². The van der Waals surface area contributed by atoms with E-state index in [1.807, 2.05) is 6.20 Å². The van der Waals surface area contributed by atoms with Gasteiger partial charge in [-0.25, -0.2) is 0 Å². The second-order valence-corrected chi connectivity index (χ2v) is 5.54. The lowest BCUT2D eigenvalue weighted by Crippen LogP contribution is -2.46. The van der Waals surface area contributed by atoms with Gasteiger partial charge in [0.05, 0.1) is 15.5 Å². The monoisotopic (exact) mass is 303 g/mol. The molecule has 1 N–H and O–H groups in total. The quantitative estimate of drug-likeness (QED) is 0.803. The molecule has 1 unspecified atom stereocenters. The van der Waals surface area contributed by atoms with E-state index in [1.165, 1.54) is 41.7 Å². The Morgan fingerprint density at radius 2 is 2.21 bits per heavy atom. The Labute approximate surface area is 97.4 Å². The summed E-state index contributed by atoms with van der Waals surface area (Å²) < 4.78 is 1.31. The first-order valence-corrected chi connectivity index (χ1v) is 6.33. The molecule has 3 nitrogen and oxygen atoms in total. The van der Waals surface area contributed by atoms with Crippen molar-refractivity contribution >= 4 is 22.6 Å². The Kier molecular flexibility index (Phi) is 2.28. The van der Waals surface area contributed by atoms with E-state index in [9.17, 15) is 0 Å². The summed E-state index contributed by atoms with van der Waals surface area (Å²) in [7, 11) is 0. The molecule has 0 amide bonds. The van der Waals surface area contributed by atoms with E-state index < -0.39 is 0 Å². The van der Waals surface area contributed by atoms with E-state index in [2.05, 4.69) is 37.7 Å². The maximum atomic E-state index is 4.13. The van der Waals surface area contributed by atoms with Gasteiger partial charge in [-0.2, -0.15) is 5.10 Å². The lowest BCUT2D eigenvalue weighted by Gasteiger charge is -2.44. The molecule has 3 aliphatic rings. The molecular formula is C10H14IN3. The first-order chi connectivity index (χ1) is 6.84. The number of nitrogens with zero attached hydrogens (tertiary/aromatic N) is 2. The third-order valence-corrected chi connectivity index (χ3v) is 4.51. The summed E-state index contributed by atoms with van der Waals surface area (Å²) in [6.07, 6.45) is 4.69. The summed E-state index contributed by atoms with van der Waals surface area (Å²) >= 11 is 2.39. The molecule has 76 valence electrons. The number of aromatic amines is 1. The summed E-state index contributed by atoms with van der Waals surface area (Å²) in [6, 6.07) is 0. The van der Waals surface area contributed by atoms with E-state index in [0.29, 0.717) is 5.92 Å². The van der Waals surface area contributed by atoms with E-state index in [1.54, 1.807) is 0 Å². The first-order valence-electron chi connectivity index (χ1n) is 5.25. The minimum Gasteiger partial charge on any atom is -0.303 e. The second kappa shape index (κ2) is 3.48. The molecule has 0 saturated carbocycles. The number of fused-ring (bicyclic) bond motifs is 3. The van der Waals surface area contributed by atoms with Gasteiger partial charge < -0.3 is 4.90 Å². The van der Waals surface area contributed by atoms with Crippen molar-refractivity contribution in [3.05, 3.63) is 15.5 Å². The van der Waals surface area contributed by atoms with Gasteiger partial charge >= 0.3 is 0 Å². The topological polar surface area (TPSA) is 31.9 Å². The van der Waals surface area contributed by atoms with Gasteiger partial charge in [0.25, 0.3) is 0 Å². The highest BCUT2D eigenvalue weighted by atomic mass is 127. The van der Waals surface area contributed by atoms with Crippen molar-refractivity contribution in [1.82, 2.24) is 15.1 Å². The van der Waals surface area contributed by atoms with Crippen LogP contribution in [0.2, 0.25) is 0 Å². The third-order valence-electron chi connectivity index (χ3n) is 3.65. The van der Waals surface area contributed by atoms with Gasteiger partial charge in [0.2, 0.25) is 0 Å². The van der Waals surface area contributed by atoms with Crippen molar-refractivity contribution in [3.63, 3.8) is 0 Å². The Balaban J connectivity index is 1.89. The summed E-state index contributed by atoms with van der Waals surface area (Å²) in [5.41, 5.74) is 1.38. The molecule has 2 bridgehead atoms. The minimum atomic E-state index is 0.715. The highest BCUT2D eigenvalue weighted by Gasteiger charge is 2.36. The van der Waals surface area contributed by atoms with Crippen LogP contribution < -0.4 is 0 Å². The van der Waals surface area contributed by atoms with Crippen molar-refractivity contribution in [3.8, 4) is 0 Å². The Morgan fingerprint density at radius 1 is 1.43 bits per heavy atom. The van der Waals surface area contributed by atoms with Gasteiger partial charge in [-0.3, -0.25) is 5.10 Å². The predicted molar refractivity (Wildman–Crippen MR) is 63.2 cm³/mol. The molecule has 0 radical (unpaired) electrons. The summed E-state index contributed by atoms with van der Waals surface area (Å²) in [4.78, 5) is 2.58. The van der Waals surface area contributed by atoms with Crippen molar-refractivity contribution in [2.75, 3.05) is 19.6 Å². The van der Waals surface area contributed by atoms with Gasteiger partial charge in [-0.1, -0.05) is 0 Å². The average molecular weight is 303 g/mol. The molecule has 14 heavy (non-hydrogen) atoms. The maximum Gasteiger partial charge on any atom is 0.0624 e. The summed E-state index contributed by atoms with van der Waals surface area (Å²) in [5, 5.41) is 7.31. The molecule has 4 heterocycles. The van der Waals surface area contributed by atoms with Gasteiger partial charge in [-0.05, 0) is 54.4 Å². The number of halogens is 1. The largest absolute Gasteiger partial charge is 0.303 e. The second-order valence-electron chi connectivity index (χ2n) is 4.38. The van der Waals surface area contributed by atoms with E-state index >= 15 is 0 Å². The molecule has 1 aromatic heterocycles. The van der Waals surface area contributed by atoms with Crippen molar-refractivity contribution < 1.29 is 0 Å². The van der Waals surface area contributed by atoms with Crippen LogP contribution in [0.5, 0.6) is 0 Å². The molecular weight excluding hydrogens is 289 g/mol. The van der Waals surface area contributed by atoms with Gasteiger partial charge in [0, 0.05) is 12.5 Å². The number of hydrogen-bond acceptors (Lipinski definition) is 2. The van der Waals surface area contributed by atoms with E-state index in [-0.39, 0.29) is 0 Å². The fourth-order valence-corrected chi connectivity index (χ4v) is 3.49. The number of hydrogen-bond donors (Lipinski definition) is 1. The van der Waals surface area contributed by atoms with Crippen LogP contribution in [0.15, 0.2) is 6.20 Å². The normalized spacial score (nSPS) is 36.2. The molecule has 3 saturated heterocycles. The Morgan fingerprint density at radius 3 is 2.71 bits per heavy atom. The number of aromatic nitrogens is 2. The van der Waals surface area contributed by atoms with Crippen LogP contribution in [0.25, 0.3) is 0 Å². The molecule has 4 rings (SSSR count). The standard InChI is InChI=1S/C10H14IN3/c11-9-5-12-13-10(9)8-6-14-3-1-7(8)2-4-14/h5,7-8H,1-4,6H2,(H,12,13). The summed E-state index contributed by atoms with van der Waals surface area (Å²) in [5.74, 6) is 1.61. The zero-order chi connectivity index (χ0) is 9.54. The molecule has 0 aliphatic carbocycles. The smallest absolute Gasteiger partial charge is 0.0624 e. The molecule has 0 aromatic carbocycles.